The molecule has 4 heteroatoms. The molecule has 0 aliphatic heterocycles. The second kappa shape index (κ2) is 6.89. The number of anilines is 1. The van der Waals surface area contributed by atoms with Gasteiger partial charge in [0.1, 0.15) is 0 Å². The first-order valence-electron chi connectivity index (χ1n) is 7.13. The van der Waals surface area contributed by atoms with E-state index in [1.165, 1.54) is 10.5 Å². The van der Waals surface area contributed by atoms with Gasteiger partial charge in [-0.05, 0) is 30.7 Å². The van der Waals surface area contributed by atoms with Crippen LogP contribution in [0.1, 0.15) is 21.5 Å². The van der Waals surface area contributed by atoms with Gasteiger partial charge in [0.15, 0.2) is 0 Å². The monoisotopic (exact) mass is 296 g/mol. The molecule has 114 valence electrons. The molecular formula is C18H20N2O2. The van der Waals surface area contributed by atoms with Crippen LogP contribution in [0.15, 0.2) is 48.5 Å². The van der Waals surface area contributed by atoms with E-state index in [1.54, 1.807) is 38.4 Å². The summed E-state index contributed by atoms with van der Waals surface area (Å²) in [6.07, 6.45) is 0.312. The van der Waals surface area contributed by atoms with Crippen molar-refractivity contribution in [3.63, 3.8) is 0 Å². The van der Waals surface area contributed by atoms with Crippen molar-refractivity contribution >= 4 is 17.5 Å². The van der Waals surface area contributed by atoms with E-state index < -0.39 is 0 Å². The lowest BCUT2D eigenvalue weighted by Gasteiger charge is -2.11. The highest BCUT2D eigenvalue weighted by Gasteiger charge is 2.09. The lowest BCUT2D eigenvalue weighted by Crippen LogP contribution is -2.22. The summed E-state index contributed by atoms with van der Waals surface area (Å²) in [7, 11) is 3.40. The lowest BCUT2D eigenvalue weighted by atomic mass is 10.1. The van der Waals surface area contributed by atoms with Gasteiger partial charge >= 0.3 is 0 Å². The molecule has 0 aliphatic carbocycles. The second-order valence-electron chi connectivity index (χ2n) is 5.49. The highest BCUT2D eigenvalue weighted by Crippen LogP contribution is 2.13. The Balaban J connectivity index is 2.04. The number of carbonyl (C=O) groups is 2. The van der Waals surface area contributed by atoms with Crippen molar-refractivity contribution < 1.29 is 9.59 Å². The Bertz CT molecular complexity index is 676. The van der Waals surface area contributed by atoms with Crippen LogP contribution in [0.3, 0.4) is 0 Å². The first kappa shape index (κ1) is 15.8. The molecule has 0 bridgehead atoms. The molecule has 2 aromatic carbocycles. The molecule has 0 fully saturated rings. The van der Waals surface area contributed by atoms with Gasteiger partial charge in [0.25, 0.3) is 5.91 Å². The molecule has 0 unspecified atom stereocenters. The minimum Gasteiger partial charge on any atom is -0.345 e. The van der Waals surface area contributed by atoms with Gasteiger partial charge in [-0.25, -0.2) is 0 Å². The smallest absolute Gasteiger partial charge is 0.253 e. The third-order valence-electron chi connectivity index (χ3n) is 3.28. The molecule has 0 aromatic heterocycles. The summed E-state index contributed by atoms with van der Waals surface area (Å²) in [6, 6.07) is 14.8. The zero-order valence-electron chi connectivity index (χ0n) is 13.1. The van der Waals surface area contributed by atoms with E-state index in [0.717, 1.165) is 5.56 Å². The van der Waals surface area contributed by atoms with E-state index in [-0.39, 0.29) is 11.8 Å². The molecular weight excluding hydrogens is 276 g/mol. The van der Waals surface area contributed by atoms with Crippen molar-refractivity contribution in [3.8, 4) is 0 Å². The van der Waals surface area contributed by atoms with Gasteiger partial charge in [-0.15, -0.1) is 0 Å². The van der Waals surface area contributed by atoms with Gasteiger partial charge in [-0.2, -0.15) is 0 Å². The molecule has 0 aliphatic rings. The quantitative estimate of drug-likeness (QED) is 0.943. The molecule has 0 atom stereocenters. The van der Waals surface area contributed by atoms with E-state index >= 15 is 0 Å². The maximum atomic E-state index is 12.1. The van der Waals surface area contributed by atoms with Crippen LogP contribution in [0.4, 0.5) is 5.69 Å². The van der Waals surface area contributed by atoms with Crippen LogP contribution >= 0.6 is 0 Å². The highest BCUT2D eigenvalue weighted by atomic mass is 16.2. The minimum absolute atomic E-state index is 0.0883. The van der Waals surface area contributed by atoms with Crippen LogP contribution in [-0.4, -0.2) is 30.8 Å². The van der Waals surface area contributed by atoms with E-state index in [2.05, 4.69) is 5.32 Å². The number of hydrogen-bond donors (Lipinski definition) is 1. The van der Waals surface area contributed by atoms with Gasteiger partial charge in [-0.1, -0.05) is 35.9 Å². The lowest BCUT2D eigenvalue weighted by molar-refractivity contribution is -0.115. The molecule has 0 saturated heterocycles. The first-order chi connectivity index (χ1) is 10.5. The fourth-order valence-corrected chi connectivity index (χ4v) is 2.08. The molecule has 0 heterocycles. The molecule has 0 saturated carbocycles. The first-order valence-corrected chi connectivity index (χ1v) is 7.13. The maximum absolute atomic E-state index is 12.1. The van der Waals surface area contributed by atoms with Crippen LogP contribution in [0.5, 0.6) is 0 Å². The van der Waals surface area contributed by atoms with Crippen LogP contribution in [0.25, 0.3) is 0 Å². The van der Waals surface area contributed by atoms with Gasteiger partial charge in [0.05, 0.1) is 6.42 Å². The topological polar surface area (TPSA) is 49.4 Å². The molecule has 2 aromatic rings. The molecule has 4 nitrogen and oxygen atoms in total. The van der Waals surface area contributed by atoms with Crippen LogP contribution in [0.2, 0.25) is 0 Å². The highest BCUT2D eigenvalue weighted by molar-refractivity contribution is 5.97. The number of rotatable bonds is 4. The normalized spacial score (nSPS) is 10.1. The van der Waals surface area contributed by atoms with Gasteiger partial charge in [-0.3, -0.25) is 9.59 Å². The Morgan fingerprint density at radius 2 is 1.73 bits per heavy atom. The number of nitrogens with one attached hydrogen (secondary N) is 1. The predicted octanol–water partition coefficient (Wildman–Crippen LogP) is 2.88. The number of amides is 2. The number of carbonyl (C=O) groups excluding carboxylic acids is 2. The standard InChI is InChI=1S/C18H20N2O2/c1-13-7-9-14(10-8-13)11-17(21)19-16-6-4-5-15(12-16)18(22)20(2)3/h4-10,12H,11H2,1-3H3,(H,19,21). The summed E-state index contributed by atoms with van der Waals surface area (Å²) >= 11 is 0. The summed E-state index contributed by atoms with van der Waals surface area (Å²) in [4.78, 5) is 25.5. The molecule has 1 N–H and O–H groups in total. The predicted molar refractivity (Wildman–Crippen MR) is 88.0 cm³/mol. The Hall–Kier alpha value is -2.62. The van der Waals surface area contributed by atoms with Gasteiger partial charge in [0.2, 0.25) is 5.91 Å². The minimum atomic E-state index is -0.0988. The molecule has 0 spiro atoms. The molecule has 2 amide bonds. The zero-order chi connectivity index (χ0) is 16.1. The summed E-state index contributed by atoms with van der Waals surface area (Å²) in [6.45, 7) is 2.01. The Kier molecular flexibility index (Phi) is 4.94. The van der Waals surface area contributed by atoms with E-state index in [4.69, 9.17) is 0 Å². The molecule has 22 heavy (non-hydrogen) atoms. The van der Waals surface area contributed by atoms with Crippen molar-refractivity contribution in [2.75, 3.05) is 19.4 Å². The van der Waals surface area contributed by atoms with Crippen LogP contribution < -0.4 is 5.32 Å². The summed E-state index contributed by atoms with van der Waals surface area (Å²) in [5, 5.41) is 2.83. The van der Waals surface area contributed by atoms with Crippen LogP contribution in [-0.2, 0) is 11.2 Å². The van der Waals surface area contributed by atoms with Crippen molar-refractivity contribution in [2.45, 2.75) is 13.3 Å². The van der Waals surface area contributed by atoms with E-state index in [1.807, 2.05) is 31.2 Å². The number of aryl methyl sites for hydroxylation is 1. The summed E-state index contributed by atoms with van der Waals surface area (Å²) in [5.41, 5.74) is 3.31. The maximum Gasteiger partial charge on any atom is 0.253 e. The fraction of sp³-hybridized carbons (Fsp3) is 0.222. The third-order valence-corrected chi connectivity index (χ3v) is 3.28. The fourth-order valence-electron chi connectivity index (χ4n) is 2.08. The number of nitrogens with zero attached hydrogens (tertiary/aromatic N) is 1. The van der Waals surface area contributed by atoms with Crippen molar-refractivity contribution in [2.24, 2.45) is 0 Å². The van der Waals surface area contributed by atoms with E-state index in [0.29, 0.717) is 17.7 Å². The zero-order valence-corrected chi connectivity index (χ0v) is 13.1. The molecule has 2 rings (SSSR count). The van der Waals surface area contributed by atoms with Gasteiger partial charge < -0.3 is 10.2 Å². The Morgan fingerprint density at radius 1 is 1.05 bits per heavy atom. The molecule has 0 radical (unpaired) electrons. The summed E-state index contributed by atoms with van der Waals surface area (Å²) < 4.78 is 0. The third kappa shape index (κ3) is 4.19. The van der Waals surface area contributed by atoms with Crippen LogP contribution in [0, 0.1) is 6.92 Å². The van der Waals surface area contributed by atoms with Gasteiger partial charge in [0, 0.05) is 25.3 Å². The largest absolute Gasteiger partial charge is 0.345 e. The Labute approximate surface area is 130 Å². The van der Waals surface area contributed by atoms with Crippen molar-refractivity contribution in [1.29, 1.82) is 0 Å². The SMILES string of the molecule is Cc1ccc(CC(=O)Nc2cccc(C(=O)N(C)C)c2)cc1. The average molecular weight is 296 g/mol. The number of hydrogen-bond acceptors (Lipinski definition) is 2. The van der Waals surface area contributed by atoms with Crippen molar-refractivity contribution in [3.05, 3.63) is 65.2 Å². The average Bonchev–Trinajstić information content (AvgIpc) is 2.49. The number of benzene rings is 2. The second-order valence-corrected chi connectivity index (χ2v) is 5.49. The Morgan fingerprint density at radius 3 is 2.36 bits per heavy atom. The van der Waals surface area contributed by atoms with Crippen molar-refractivity contribution in [1.82, 2.24) is 4.90 Å². The summed E-state index contributed by atoms with van der Waals surface area (Å²) in [5.74, 6) is -0.187. The van der Waals surface area contributed by atoms with E-state index in [9.17, 15) is 9.59 Å².